The monoisotopic (exact) mass is 430 g/mol. The summed E-state index contributed by atoms with van der Waals surface area (Å²) in [4.78, 5) is 38.0. The van der Waals surface area contributed by atoms with Gasteiger partial charge in [-0.1, -0.05) is 30.3 Å². The van der Waals surface area contributed by atoms with Gasteiger partial charge in [-0.2, -0.15) is 0 Å². The molecule has 3 aromatic rings. The van der Waals surface area contributed by atoms with Gasteiger partial charge >= 0.3 is 6.03 Å². The predicted octanol–water partition coefficient (Wildman–Crippen LogP) is 3.41. The molecule has 3 aromatic carbocycles. The Morgan fingerprint density at radius 2 is 1.75 bits per heavy atom. The maximum Gasteiger partial charge on any atom is 0.320 e. The second-order valence-electron chi connectivity index (χ2n) is 7.44. The Hall–Kier alpha value is -4.33. The van der Waals surface area contributed by atoms with E-state index in [0.29, 0.717) is 29.3 Å². The Labute approximate surface area is 185 Å². The van der Waals surface area contributed by atoms with Crippen molar-refractivity contribution in [3.05, 3.63) is 89.5 Å². The van der Waals surface area contributed by atoms with Gasteiger partial charge in [0, 0.05) is 24.8 Å². The molecule has 0 spiro atoms. The fourth-order valence-corrected chi connectivity index (χ4v) is 3.54. The van der Waals surface area contributed by atoms with Crippen LogP contribution < -0.4 is 21.1 Å². The summed E-state index contributed by atoms with van der Waals surface area (Å²) in [6.45, 7) is 0.513. The maximum atomic E-state index is 12.6. The van der Waals surface area contributed by atoms with Crippen molar-refractivity contribution in [2.75, 3.05) is 12.4 Å². The molecule has 1 unspecified atom stereocenters. The molecule has 1 aliphatic heterocycles. The zero-order valence-corrected chi connectivity index (χ0v) is 17.4. The van der Waals surface area contributed by atoms with Crippen molar-refractivity contribution < 1.29 is 19.1 Å². The van der Waals surface area contributed by atoms with Gasteiger partial charge in [0.2, 0.25) is 11.8 Å². The SMILES string of the molecule is CN1Cc2ccccc2C(NC(=O)Nc2ccc(Oc3cccc(C(N)=O)c3)cc2)C1=O. The number of carbonyl (C=O) groups is 3. The molecule has 0 bridgehead atoms. The lowest BCUT2D eigenvalue weighted by Crippen LogP contribution is -2.45. The van der Waals surface area contributed by atoms with Crippen LogP contribution in [-0.4, -0.2) is 29.8 Å². The average Bonchev–Trinajstić information content (AvgIpc) is 2.78. The van der Waals surface area contributed by atoms with E-state index in [9.17, 15) is 14.4 Å². The van der Waals surface area contributed by atoms with Crippen LogP contribution in [0.25, 0.3) is 0 Å². The van der Waals surface area contributed by atoms with Crippen LogP contribution in [-0.2, 0) is 11.3 Å². The van der Waals surface area contributed by atoms with Crippen LogP contribution in [0.3, 0.4) is 0 Å². The fraction of sp³-hybridized carbons (Fsp3) is 0.125. The number of hydrogen-bond donors (Lipinski definition) is 3. The number of primary amides is 1. The number of hydrogen-bond acceptors (Lipinski definition) is 4. The summed E-state index contributed by atoms with van der Waals surface area (Å²) in [5, 5.41) is 5.49. The number of nitrogens with one attached hydrogen (secondary N) is 2. The summed E-state index contributed by atoms with van der Waals surface area (Å²) in [7, 11) is 1.71. The second kappa shape index (κ2) is 8.81. The van der Waals surface area contributed by atoms with Gasteiger partial charge in [-0.05, 0) is 53.6 Å². The van der Waals surface area contributed by atoms with Gasteiger partial charge in [0.15, 0.2) is 0 Å². The Morgan fingerprint density at radius 1 is 1.00 bits per heavy atom. The molecule has 0 fully saturated rings. The average molecular weight is 430 g/mol. The molecule has 4 N–H and O–H groups in total. The molecular weight excluding hydrogens is 408 g/mol. The first-order valence-electron chi connectivity index (χ1n) is 9.99. The van der Waals surface area contributed by atoms with Crippen molar-refractivity contribution >= 4 is 23.5 Å². The van der Waals surface area contributed by atoms with Gasteiger partial charge < -0.3 is 26.0 Å². The van der Waals surface area contributed by atoms with E-state index >= 15 is 0 Å². The largest absolute Gasteiger partial charge is 0.457 e. The first kappa shape index (κ1) is 20.9. The molecule has 32 heavy (non-hydrogen) atoms. The van der Waals surface area contributed by atoms with Gasteiger partial charge in [0.1, 0.15) is 17.5 Å². The summed E-state index contributed by atoms with van der Waals surface area (Å²) >= 11 is 0. The summed E-state index contributed by atoms with van der Waals surface area (Å²) in [6.07, 6.45) is 0. The van der Waals surface area contributed by atoms with Crippen molar-refractivity contribution in [2.45, 2.75) is 12.6 Å². The zero-order chi connectivity index (χ0) is 22.7. The van der Waals surface area contributed by atoms with Crippen molar-refractivity contribution in [1.82, 2.24) is 10.2 Å². The highest BCUT2D eigenvalue weighted by atomic mass is 16.5. The highest BCUT2D eigenvalue weighted by Gasteiger charge is 2.32. The van der Waals surface area contributed by atoms with Gasteiger partial charge in [0.05, 0.1) is 0 Å². The molecule has 162 valence electrons. The molecule has 0 saturated heterocycles. The molecule has 4 rings (SSSR count). The molecule has 0 saturated carbocycles. The third-order valence-corrected chi connectivity index (χ3v) is 5.14. The number of ether oxygens (including phenoxy) is 1. The van der Waals surface area contributed by atoms with Crippen molar-refractivity contribution in [3.8, 4) is 11.5 Å². The number of rotatable bonds is 5. The molecule has 4 amide bonds. The normalized spacial score (nSPS) is 15.0. The number of nitrogens with two attached hydrogens (primary N) is 1. The van der Waals surface area contributed by atoms with Crippen LogP contribution in [0, 0.1) is 0 Å². The van der Waals surface area contributed by atoms with Crippen molar-refractivity contribution in [1.29, 1.82) is 0 Å². The smallest absolute Gasteiger partial charge is 0.320 e. The lowest BCUT2D eigenvalue weighted by atomic mass is 9.95. The number of fused-ring (bicyclic) bond motifs is 1. The lowest BCUT2D eigenvalue weighted by molar-refractivity contribution is -0.133. The van der Waals surface area contributed by atoms with Crippen LogP contribution >= 0.6 is 0 Å². The number of carbonyl (C=O) groups excluding carboxylic acids is 3. The first-order chi connectivity index (χ1) is 15.4. The van der Waals surface area contributed by atoms with E-state index < -0.39 is 18.0 Å². The van der Waals surface area contributed by atoms with Gasteiger partial charge in [-0.15, -0.1) is 0 Å². The number of urea groups is 1. The fourth-order valence-electron chi connectivity index (χ4n) is 3.54. The molecule has 0 radical (unpaired) electrons. The van der Waals surface area contributed by atoms with Gasteiger partial charge in [-0.3, -0.25) is 9.59 Å². The standard InChI is InChI=1S/C24H22N4O4/c1-28-14-16-5-2-3-8-20(16)21(23(28)30)27-24(31)26-17-9-11-18(12-10-17)32-19-7-4-6-15(13-19)22(25)29/h2-13,21H,14H2,1H3,(H2,25,29)(H2,26,27,31). The molecule has 0 aliphatic carbocycles. The van der Waals surface area contributed by atoms with Crippen LogP contribution in [0.2, 0.25) is 0 Å². The Kier molecular flexibility index (Phi) is 5.76. The quantitative estimate of drug-likeness (QED) is 0.575. The highest BCUT2D eigenvalue weighted by molar-refractivity contribution is 5.95. The second-order valence-corrected chi connectivity index (χ2v) is 7.44. The zero-order valence-electron chi connectivity index (χ0n) is 17.4. The minimum atomic E-state index is -0.745. The van der Waals surface area contributed by atoms with E-state index in [4.69, 9.17) is 10.5 Å². The number of nitrogens with zero attached hydrogens (tertiary/aromatic N) is 1. The van der Waals surface area contributed by atoms with Crippen molar-refractivity contribution in [2.24, 2.45) is 5.73 Å². The van der Waals surface area contributed by atoms with Crippen LogP contribution in [0.15, 0.2) is 72.8 Å². The number of anilines is 1. The van der Waals surface area contributed by atoms with E-state index in [2.05, 4.69) is 10.6 Å². The molecule has 1 aliphatic rings. The van der Waals surface area contributed by atoms with Crippen LogP contribution in [0.4, 0.5) is 10.5 Å². The van der Waals surface area contributed by atoms with E-state index in [-0.39, 0.29) is 5.91 Å². The first-order valence-corrected chi connectivity index (χ1v) is 9.99. The van der Waals surface area contributed by atoms with E-state index in [1.165, 1.54) is 0 Å². The third kappa shape index (κ3) is 4.54. The maximum absolute atomic E-state index is 12.6. The molecule has 1 atom stereocenters. The Balaban J connectivity index is 1.41. The predicted molar refractivity (Wildman–Crippen MR) is 119 cm³/mol. The topological polar surface area (TPSA) is 114 Å². The van der Waals surface area contributed by atoms with E-state index in [0.717, 1.165) is 11.1 Å². The molecule has 0 aromatic heterocycles. The molecule has 1 heterocycles. The Morgan fingerprint density at radius 3 is 2.50 bits per heavy atom. The summed E-state index contributed by atoms with van der Waals surface area (Å²) in [6, 6.07) is 19.6. The van der Waals surface area contributed by atoms with Crippen molar-refractivity contribution in [3.63, 3.8) is 0 Å². The highest BCUT2D eigenvalue weighted by Crippen LogP contribution is 2.27. The molecule has 8 nitrogen and oxygen atoms in total. The number of amides is 4. The summed E-state index contributed by atoms with van der Waals surface area (Å²) in [5.74, 6) is 0.293. The lowest BCUT2D eigenvalue weighted by Gasteiger charge is -2.32. The minimum Gasteiger partial charge on any atom is -0.457 e. The van der Waals surface area contributed by atoms with Crippen LogP contribution in [0.1, 0.15) is 27.5 Å². The molecular formula is C24H22N4O4. The Bertz CT molecular complexity index is 1180. The van der Waals surface area contributed by atoms with Gasteiger partial charge in [-0.25, -0.2) is 4.79 Å². The van der Waals surface area contributed by atoms with Crippen LogP contribution in [0.5, 0.6) is 11.5 Å². The van der Waals surface area contributed by atoms with Gasteiger partial charge in [0.25, 0.3) is 0 Å². The summed E-state index contributed by atoms with van der Waals surface area (Å²) in [5.41, 5.74) is 7.97. The molecule has 8 heteroatoms. The number of likely N-dealkylation sites (N-methyl/N-ethyl adjacent to an activating group) is 1. The van der Waals surface area contributed by atoms with E-state index in [1.54, 1.807) is 60.5 Å². The van der Waals surface area contributed by atoms with E-state index in [1.807, 2.05) is 24.3 Å². The minimum absolute atomic E-state index is 0.166. The summed E-state index contributed by atoms with van der Waals surface area (Å²) < 4.78 is 5.73. The third-order valence-electron chi connectivity index (χ3n) is 5.14. The number of benzene rings is 3.